The molecule has 16 heavy (non-hydrogen) atoms. The van der Waals surface area contributed by atoms with Gasteiger partial charge < -0.3 is 10.5 Å². The van der Waals surface area contributed by atoms with E-state index in [9.17, 15) is 8.42 Å². The Balaban J connectivity index is 4.44. The fourth-order valence-corrected chi connectivity index (χ4v) is 2.58. The topological polar surface area (TPSA) is 81.4 Å². The molecule has 3 N–H and O–H groups in total. The van der Waals surface area contributed by atoms with E-state index in [-0.39, 0.29) is 24.8 Å². The predicted octanol–water partition coefficient (Wildman–Crippen LogP) is 0.316. The van der Waals surface area contributed by atoms with Gasteiger partial charge in [0, 0.05) is 18.7 Å². The molecule has 0 aliphatic rings. The van der Waals surface area contributed by atoms with Crippen LogP contribution in [0.1, 0.15) is 27.7 Å². The van der Waals surface area contributed by atoms with Crippen LogP contribution < -0.4 is 10.5 Å². The van der Waals surface area contributed by atoms with E-state index in [1.807, 2.05) is 27.7 Å². The van der Waals surface area contributed by atoms with E-state index in [0.717, 1.165) is 0 Å². The van der Waals surface area contributed by atoms with Gasteiger partial charge in [-0.05, 0) is 19.8 Å². The molecule has 0 radical (unpaired) electrons. The molecular weight excluding hydrogens is 228 g/mol. The van der Waals surface area contributed by atoms with E-state index in [2.05, 4.69) is 4.72 Å². The van der Waals surface area contributed by atoms with Crippen molar-refractivity contribution in [3.8, 4) is 0 Å². The molecular formula is C10H24N2O3S. The molecule has 5 nitrogen and oxygen atoms in total. The summed E-state index contributed by atoms with van der Waals surface area (Å²) >= 11 is 0. The molecule has 1 atom stereocenters. The summed E-state index contributed by atoms with van der Waals surface area (Å²) < 4.78 is 31.1. The van der Waals surface area contributed by atoms with Crippen molar-refractivity contribution >= 4 is 10.0 Å². The highest BCUT2D eigenvalue weighted by Crippen LogP contribution is 2.16. The number of nitrogens with two attached hydrogens (primary N) is 1. The van der Waals surface area contributed by atoms with Crippen LogP contribution in [0.4, 0.5) is 0 Å². The lowest BCUT2D eigenvalue weighted by molar-refractivity contribution is 0.163. The number of ether oxygens (including phenoxy) is 1. The zero-order chi connectivity index (χ0) is 12.8. The first-order chi connectivity index (χ1) is 7.27. The highest BCUT2D eigenvalue weighted by Gasteiger charge is 2.31. The van der Waals surface area contributed by atoms with E-state index < -0.39 is 15.6 Å². The van der Waals surface area contributed by atoms with Gasteiger partial charge >= 0.3 is 0 Å². The SMILES string of the molecule is CCOCCS(=O)(=O)NC(C)(CN)C(C)C. The van der Waals surface area contributed by atoms with Crippen molar-refractivity contribution in [3.63, 3.8) is 0 Å². The standard InChI is InChI=1S/C10H24N2O3S/c1-5-15-6-7-16(13,14)12-10(4,8-11)9(2)3/h9,12H,5-8,11H2,1-4H3. The van der Waals surface area contributed by atoms with Crippen LogP contribution in [0.5, 0.6) is 0 Å². The molecule has 6 heteroatoms. The minimum Gasteiger partial charge on any atom is -0.381 e. The molecule has 0 aliphatic heterocycles. The quantitative estimate of drug-likeness (QED) is 0.609. The van der Waals surface area contributed by atoms with E-state index in [4.69, 9.17) is 10.5 Å². The highest BCUT2D eigenvalue weighted by atomic mass is 32.2. The molecule has 0 aliphatic carbocycles. The predicted molar refractivity (Wildman–Crippen MR) is 65.7 cm³/mol. The molecule has 0 amide bonds. The number of rotatable bonds is 8. The van der Waals surface area contributed by atoms with Gasteiger partial charge in [0.2, 0.25) is 10.0 Å². The van der Waals surface area contributed by atoms with Crippen molar-refractivity contribution in [2.75, 3.05) is 25.5 Å². The van der Waals surface area contributed by atoms with Crippen molar-refractivity contribution in [2.45, 2.75) is 33.2 Å². The van der Waals surface area contributed by atoms with Crippen LogP contribution in [0, 0.1) is 5.92 Å². The maximum absolute atomic E-state index is 11.7. The molecule has 0 aromatic carbocycles. The highest BCUT2D eigenvalue weighted by molar-refractivity contribution is 7.89. The first kappa shape index (κ1) is 15.8. The van der Waals surface area contributed by atoms with Crippen LogP contribution >= 0.6 is 0 Å². The summed E-state index contributed by atoms with van der Waals surface area (Å²) in [6.07, 6.45) is 0. The summed E-state index contributed by atoms with van der Waals surface area (Å²) in [6, 6.07) is 0. The summed E-state index contributed by atoms with van der Waals surface area (Å²) in [4.78, 5) is 0. The molecule has 0 bridgehead atoms. The van der Waals surface area contributed by atoms with Gasteiger partial charge in [0.1, 0.15) is 0 Å². The minimum absolute atomic E-state index is 0.0247. The number of nitrogens with one attached hydrogen (secondary N) is 1. The lowest BCUT2D eigenvalue weighted by Gasteiger charge is -2.33. The lowest BCUT2D eigenvalue weighted by atomic mass is 9.90. The smallest absolute Gasteiger partial charge is 0.214 e. The van der Waals surface area contributed by atoms with Gasteiger partial charge in [-0.15, -0.1) is 0 Å². The molecule has 0 heterocycles. The maximum Gasteiger partial charge on any atom is 0.214 e. The van der Waals surface area contributed by atoms with Gasteiger partial charge in [-0.2, -0.15) is 0 Å². The van der Waals surface area contributed by atoms with E-state index in [1.54, 1.807) is 0 Å². The molecule has 0 aromatic rings. The Morgan fingerprint density at radius 1 is 1.44 bits per heavy atom. The fraction of sp³-hybridized carbons (Fsp3) is 1.00. The van der Waals surface area contributed by atoms with Gasteiger partial charge in [0.15, 0.2) is 0 Å². The first-order valence-corrected chi connectivity index (χ1v) is 7.22. The van der Waals surface area contributed by atoms with Crippen molar-refractivity contribution in [2.24, 2.45) is 11.7 Å². The van der Waals surface area contributed by atoms with E-state index in [1.165, 1.54) is 0 Å². The third-order valence-corrected chi connectivity index (χ3v) is 4.27. The van der Waals surface area contributed by atoms with Gasteiger partial charge in [-0.1, -0.05) is 13.8 Å². The van der Waals surface area contributed by atoms with Gasteiger partial charge in [0.25, 0.3) is 0 Å². The largest absolute Gasteiger partial charge is 0.381 e. The zero-order valence-corrected chi connectivity index (χ0v) is 11.4. The summed E-state index contributed by atoms with van der Waals surface area (Å²) in [5.74, 6) is 0.114. The second kappa shape index (κ2) is 6.54. The second-order valence-corrected chi connectivity index (χ2v) is 6.24. The van der Waals surface area contributed by atoms with Crippen molar-refractivity contribution < 1.29 is 13.2 Å². The lowest BCUT2D eigenvalue weighted by Crippen LogP contribution is -2.55. The van der Waals surface area contributed by atoms with E-state index in [0.29, 0.717) is 6.61 Å². The van der Waals surface area contributed by atoms with Crippen LogP contribution in [0.3, 0.4) is 0 Å². The average molecular weight is 252 g/mol. The molecule has 1 unspecified atom stereocenters. The Labute approximate surface area is 98.8 Å². The molecule has 0 rings (SSSR count). The average Bonchev–Trinajstić information content (AvgIpc) is 2.16. The van der Waals surface area contributed by atoms with Crippen LogP contribution in [0.2, 0.25) is 0 Å². The van der Waals surface area contributed by atoms with Crippen LogP contribution in [-0.2, 0) is 14.8 Å². The third-order valence-electron chi connectivity index (χ3n) is 2.79. The molecule has 0 aromatic heterocycles. The van der Waals surface area contributed by atoms with Crippen LogP contribution in [0.25, 0.3) is 0 Å². The molecule has 0 fully saturated rings. The Morgan fingerprint density at radius 3 is 2.38 bits per heavy atom. The normalized spacial score (nSPS) is 16.4. The number of sulfonamides is 1. The summed E-state index contributed by atoms with van der Waals surface area (Å²) in [6.45, 7) is 8.54. The third kappa shape index (κ3) is 5.25. The van der Waals surface area contributed by atoms with Crippen molar-refractivity contribution in [1.82, 2.24) is 4.72 Å². The molecule has 0 saturated carbocycles. The molecule has 98 valence electrons. The summed E-state index contributed by atoms with van der Waals surface area (Å²) in [7, 11) is -3.32. The van der Waals surface area contributed by atoms with Gasteiger partial charge in [-0.25, -0.2) is 13.1 Å². The monoisotopic (exact) mass is 252 g/mol. The Kier molecular flexibility index (Phi) is 6.47. The van der Waals surface area contributed by atoms with Crippen LogP contribution in [0.15, 0.2) is 0 Å². The van der Waals surface area contributed by atoms with Gasteiger partial charge in [0.05, 0.1) is 12.4 Å². The van der Waals surface area contributed by atoms with E-state index >= 15 is 0 Å². The Bertz CT molecular complexity index is 290. The molecule has 0 spiro atoms. The summed E-state index contributed by atoms with van der Waals surface area (Å²) in [5.41, 5.74) is 5.02. The zero-order valence-electron chi connectivity index (χ0n) is 10.6. The van der Waals surface area contributed by atoms with Crippen LogP contribution in [-0.4, -0.2) is 39.5 Å². The first-order valence-electron chi connectivity index (χ1n) is 5.57. The molecule has 0 saturated heterocycles. The maximum atomic E-state index is 11.7. The van der Waals surface area contributed by atoms with Crippen molar-refractivity contribution in [3.05, 3.63) is 0 Å². The Morgan fingerprint density at radius 2 is 2.00 bits per heavy atom. The van der Waals surface area contributed by atoms with Crippen molar-refractivity contribution in [1.29, 1.82) is 0 Å². The fourth-order valence-electron chi connectivity index (χ4n) is 1.11. The summed E-state index contributed by atoms with van der Waals surface area (Å²) in [5, 5.41) is 0. The Hall–Kier alpha value is -0.170. The number of hydrogen-bond donors (Lipinski definition) is 2. The second-order valence-electron chi connectivity index (χ2n) is 4.39. The minimum atomic E-state index is -3.32. The number of hydrogen-bond acceptors (Lipinski definition) is 4. The van der Waals surface area contributed by atoms with Gasteiger partial charge in [-0.3, -0.25) is 0 Å².